The highest BCUT2D eigenvalue weighted by Crippen LogP contribution is 2.80. The maximum atomic E-state index is 11.0. The van der Waals surface area contributed by atoms with E-state index in [1.165, 1.54) is 93.8 Å². The summed E-state index contributed by atoms with van der Waals surface area (Å²) in [6.45, 7) is 0. The Morgan fingerprint density at radius 1 is 0.434 bits per heavy atom. The molecule has 0 N–H and O–H groups in total. The van der Waals surface area contributed by atoms with Gasteiger partial charge >= 0.3 is 0 Å². The molecule has 2 heterocycles. The number of hydrogen-bond acceptors (Lipinski definition) is 2. The maximum absolute atomic E-state index is 11.0. The predicted octanol–water partition coefficient (Wildman–Crippen LogP) is 10.4. The monoisotopic (exact) mass is 667 g/mol. The second-order valence-corrected chi connectivity index (χ2v) is 16.4. The third kappa shape index (κ3) is 2.23. The van der Waals surface area contributed by atoms with Crippen LogP contribution in [0.3, 0.4) is 0 Å². The average molecular weight is 668 g/mol. The molecule has 9 aromatic rings. The van der Waals surface area contributed by atoms with Gasteiger partial charge in [-0.2, -0.15) is 10.5 Å². The summed E-state index contributed by atoms with van der Waals surface area (Å²) in [5.74, 6) is 0.733. The normalized spacial score (nSPS) is 26.2. The minimum atomic E-state index is -0.127. The van der Waals surface area contributed by atoms with E-state index in [9.17, 15) is 10.5 Å². The molecule has 6 unspecified atom stereocenters. The third-order valence-electron chi connectivity index (χ3n) is 15.1. The SMILES string of the molecule is N#Cc1cc2c(c3c1C1c4ccccc4C14c1ccccc1C34)c1cccc3c4c5c(c(C#N)cc4n2c13)C1c2ccccc2C12c1ccccc1C52. The number of fused-ring (bicyclic) bond motifs is 22. The Hall–Kier alpha value is -6.68. The molecule has 6 atom stereocenters. The van der Waals surface area contributed by atoms with Gasteiger partial charge in [-0.15, -0.1) is 0 Å². The van der Waals surface area contributed by atoms with Crippen molar-refractivity contribution in [3.8, 4) is 12.1 Å². The van der Waals surface area contributed by atoms with Crippen LogP contribution in [0.2, 0.25) is 0 Å². The maximum Gasteiger partial charge on any atom is 0.0995 e. The van der Waals surface area contributed by atoms with Gasteiger partial charge in [0.05, 0.1) is 39.8 Å². The minimum Gasteiger partial charge on any atom is -0.308 e. The Morgan fingerprint density at radius 3 is 1.17 bits per heavy atom. The van der Waals surface area contributed by atoms with Crippen LogP contribution in [-0.2, 0) is 10.8 Å². The standard InChI is InChI=1S/C50H25N3/c51-22-24-20-36-40(42-38(24)44-26-10-1-5-16-32(26)49(44)34-18-7-3-12-28(34)46(42)49)30-14-9-15-31-41-37(53(36)48(30)31)21-25(23-52)39-43(41)47-29-13-4-8-19-35(29)50(47)33-17-6-2-11-27(33)45(39)50/h1-21,44-47H. The Bertz CT molecular complexity index is 3200. The van der Waals surface area contributed by atoms with Gasteiger partial charge in [-0.1, -0.05) is 115 Å². The van der Waals surface area contributed by atoms with E-state index in [2.05, 4.69) is 144 Å². The van der Waals surface area contributed by atoms with Crippen LogP contribution in [-0.4, -0.2) is 4.40 Å². The van der Waals surface area contributed by atoms with Crippen molar-refractivity contribution in [3.05, 3.63) is 205 Å². The molecule has 0 fully saturated rings. The Balaban J connectivity index is 1.11. The van der Waals surface area contributed by atoms with Gasteiger partial charge in [0.1, 0.15) is 0 Å². The van der Waals surface area contributed by atoms with Crippen molar-refractivity contribution < 1.29 is 0 Å². The number of benzene rings is 7. The van der Waals surface area contributed by atoms with Crippen LogP contribution in [0.5, 0.6) is 0 Å². The molecule has 7 aromatic carbocycles. The molecule has 3 heteroatoms. The summed E-state index contributed by atoms with van der Waals surface area (Å²) in [6.07, 6.45) is 0. The first kappa shape index (κ1) is 26.1. The van der Waals surface area contributed by atoms with Crippen LogP contribution < -0.4 is 0 Å². The fourth-order valence-electron chi connectivity index (χ4n) is 13.9. The van der Waals surface area contributed by atoms with E-state index in [4.69, 9.17) is 0 Å². The zero-order chi connectivity index (χ0) is 34.3. The largest absolute Gasteiger partial charge is 0.308 e. The molecule has 0 aliphatic heterocycles. The zero-order valence-corrected chi connectivity index (χ0v) is 28.3. The van der Waals surface area contributed by atoms with Crippen molar-refractivity contribution in [2.45, 2.75) is 34.5 Å². The lowest BCUT2D eigenvalue weighted by Crippen LogP contribution is -2.52. The van der Waals surface area contributed by atoms with Crippen molar-refractivity contribution in [1.82, 2.24) is 4.40 Å². The topological polar surface area (TPSA) is 52.0 Å². The highest BCUT2D eigenvalue weighted by molar-refractivity contribution is 6.26. The van der Waals surface area contributed by atoms with Crippen molar-refractivity contribution in [3.63, 3.8) is 0 Å². The Labute approximate surface area is 303 Å². The number of para-hydroxylation sites is 1. The summed E-state index contributed by atoms with van der Waals surface area (Å²) < 4.78 is 2.44. The smallest absolute Gasteiger partial charge is 0.0995 e. The van der Waals surface area contributed by atoms with Crippen LogP contribution in [0.15, 0.2) is 127 Å². The molecule has 0 saturated carbocycles. The zero-order valence-electron chi connectivity index (χ0n) is 28.3. The molecule has 0 saturated heterocycles. The molecular weight excluding hydrogens is 643 g/mol. The number of rotatable bonds is 0. The second-order valence-electron chi connectivity index (χ2n) is 16.4. The molecule has 0 bridgehead atoms. The van der Waals surface area contributed by atoms with Gasteiger partial charge in [-0.25, -0.2) is 0 Å². The third-order valence-corrected chi connectivity index (χ3v) is 15.1. The average Bonchev–Trinajstić information content (AvgIpc) is 3.83. The van der Waals surface area contributed by atoms with Crippen molar-refractivity contribution in [1.29, 1.82) is 10.5 Å². The van der Waals surface area contributed by atoms with Gasteiger partial charge in [0.2, 0.25) is 0 Å². The van der Waals surface area contributed by atoms with Crippen LogP contribution >= 0.6 is 0 Å². The molecule has 6 aliphatic carbocycles. The molecule has 3 nitrogen and oxygen atoms in total. The lowest BCUT2D eigenvalue weighted by molar-refractivity contribution is 0.333. The van der Waals surface area contributed by atoms with Crippen LogP contribution in [0, 0.1) is 22.7 Å². The highest BCUT2D eigenvalue weighted by Gasteiger charge is 2.71. The first-order valence-electron chi connectivity index (χ1n) is 18.8. The summed E-state index contributed by atoms with van der Waals surface area (Å²) in [7, 11) is 0. The van der Waals surface area contributed by atoms with E-state index in [-0.39, 0.29) is 34.5 Å². The molecule has 2 spiro atoms. The molecular formula is C50H25N3. The number of nitrogens with zero attached hydrogens (tertiary/aromatic N) is 3. The summed E-state index contributed by atoms with van der Waals surface area (Å²) in [5, 5.41) is 27.1. The molecule has 15 rings (SSSR count). The fraction of sp³-hybridized carbons (Fsp3) is 0.120. The van der Waals surface area contributed by atoms with E-state index in [1.54, 1.807) is 0 Å². The Morgan fingerprint density at radius 2 is 0.792 bits per heavy atom. The second kappa shape index (κ2) is 7.88. The Kier molecular flexibility index (Phi) is 3.89. The van der Waals surface area contributed by atoms with Crippen LogP contribution in [0.4, 0.5) is 0 Å². The molecule has 53 heavy (non-hydrogen) atoms. The molecule has 0 amide bonds. The van der Waals surface area contributed by atoms with Crippen LogP contribution in [0.1, 0.15) is 102 Å². The molecule has 0 radical (unpaired) electrons. The number of nitriles is 2. The van der Waals surface area contributed by atoms with Crippen LogP contribution in [0.25, 0.3) is 38.1 Å². The fourth-order valence-corrected chi connectivity index (χ4v) is 13.9. The van der Waals surface area contributed by atoms with Gasteiger partial charge in [0.15, 0.2) is 0 Å². The highest BCUT2D eigenvalue weighted by atomic mass is 14.9. The molecule has 240 valence electrons. The summed E-state index contributed by atoms with van der Waals surface area (Å²) in [6, 6.07) is 52.6. The summed E-state index contributed by atoms with van der Waals surface area (Å²) in [5.41, 5.74) is 21.0. The van der Waals surface area contributed by atoms with Crippen molar-refractivity contribution in [2.24, 2.45) is 0 Å². The quantitative estimate of drug-likeness (QED) is 0.162. The number of hydrogen-bond donors (Lipinski definition) is 0. The van der Waals surface area contributed by atoms with E-state index < -0.39 is 0 Å². The predicted molar refractivity (Wildman–Crippen MR) is 205 cm³/mol. The summed E-state index contributed by atoms with van der Waals surface area (Å²) in [4.78, 5) is 0. The van der Waals surface area contributed by atoms with Gasteiger partial charge in [-0.05, 0) is 78.9 Å². The van der Waals surface area contributed by atoms with Gasteiger partial charge < -0.3 is 4.40 Å². The lowest BCUT2D eigenvalue weighted by Gasteiger charge is -2.58. The van der Waals surface area contributed by atoms with E-state index >= 15 is 0 Å². The minimum absolute atomic E-state index is 0.127. The molecule has 2 aromatic heterocycles. The molecule has 6 aliphatic rings. The van der Waals surface area contributed by atoms with E-state index in [0.29, 0.717) is 0 Å². The number of aromatic nitrogens is 1. The lowest BCUT2D eigenvalue weighted by atomic mass is 9.43. The van der Waals surface area contributed by atoms with E-state index in [0.717, 1.165) is 22.2 Å². The first-order chi connectivity index (χ1) is 26.3. The first-order valence-corrected chi connectivity index (χ1v) is 18.8. The van der Waals surface area contributed by atoms with Gasteiger partial charge in [0.25, 0.3) is 0 Å². The van der Waals surface area contributed by atoms with Crippen molar-refractivity contribution in [2.75, 3.05) is 0 Å². The summed E-state index contributed by atoms with van der Waals surface area (Å²) >= 11 is 0. The van der Waals surface area contributed by atoms with E-state index in [1.807, 2.05) is 0 Å². The van der Waals surface area contributed by atoms with Gasteiger partial charge in [-0.3, -0.25) is 0 Å². The van der Waals surface area contributed by atoms with Gasteiger partial charge in [0, 0.05) is 56.0 Å². The van der Waals surface area contributed by atoms with Crippen molar-refractivity contribution >= 4 is 38.1 Å².